The lowest BCUT2D eigenvalue weighted by molar-refractivity contribution is -0.120. The van der Waals surface area contributed by atoms with Crippen molar-refractivity contribution in [1.82, 2.24) is 10.3 Å². The van der Waals surface area contributed by atoms with Gasteiger partial charge in [-0.2, -0.15) is 11.3 Å². The molecule has 0 bridgehead atoms. The first-order valence-corrected chi connectivity index (χ1v) is 7.56. The standard InChI is InChI=1S/C12H13N3OS2/c1-13-10-11-9(14-7-18-11)2-4-15(12(10)16)8-3-5-17-6-8/h3,5-7,10,13H,2,4H2,1H3. The van der Waals surface area contributed by atoms with Gasteiger partial charge in [-0.25, -0.2) is 4.98 Å². The number of anilines is 1. The van der Waals surface area contributed by atoms with Crippen LogP contribution < -0.4 is 10.2 Å². The summed E-state index contributed by atoms with van der Waals surface area (Å²) in [5, 5.41) is 7.12. The highest BCUT2D eigenvalue weighted by Gasteiger charge is 2.32. The molecule has 0 spiro atoms. The molecule has 0 saturated heterocycles. The average Bonchev–Trinajstić information content (AvgIpc) is 3.01. The van der Waals surface area contributed by atoms with E-state index in [0.29, 0.717) is 6.54 Å². The SMILES string of the molecule is CNC1C(=O)N(c2ccsc2)CCc2ncsc21. The molecule has 0 aromatic carbocycles. The molecule has 1 N–H and O–H groups in total. The monoisotopic (exact) mass is 279 g/mol. The first kappa shape index (κ1) is 11.8. The summed E-state index contributed by atoms with van der Waals surface area (Å²) in [5.41, 5.74) is 3.86. The maximum absolute atomic E-state index is 12.6. The van der Waals surface area contributed by atoms with E-state index in [9.17, 15) is 4.79 Å². The largest absolute Gasteiger partial charge is 0.310 e. The van der Waals surface area contributed by atoms with Crippen LogP contribution in [0.5, 0.6) is 0 Å². The lowest BCUT2D eigenvalue weighted by atomic mass is 10.2. The molecular formula is C12H13N3OS2. The number of rotatable bonds is 2. The summed E-state index contributed by atoms with van der Waals surface area (Å²) in [6.45, 7) is 0.699. The second-order valence-electron chi connectivity index (χ2n) is 4.11. The molecule has 4 nitrogen and oxygen atoms in total. The Morgan fingerprint density at radius 3 is 3.17 bits per heavy atom. The summed E-state index contributed by atoms with van der Waals surface area (Å²) in [7, 11) is 1.82. The fourth-order valence-electron chi connectivity index (χ4n) is 2.22. The van der Waals surface area contributed by atoms with Crippen LogP contribution in [0.3, 0.4) is 0 Å². The number of hydrogen-bond donors (Lipinski definition) is 1. The van der Waals surface area contributed by atoms with Gasteiger partial charge in [-0.15, -0.1) is 11.3 Å². The van der Waals surface area contributed by atoms with Crippen molar-refractivity contribution >= 4 is 34.3 Å². The molecule has 1 unspecified atom stereocenters. The van der Waals surface area contributed by atoms with Crippen molar-refractivity contribution in [3.8, 4) is 0 Å². The molecule has 0 fully saturated rings. The fraction of sp³-hybridized carbons (Fsp3) is 0.333. The number of thiophene rings is 1. The molecule has 6 heteroatoms. The average molecular weight is 279 g/mol. The summed E-state index contributed by atoms with van der Waals surface area (Å²) < 4.78 is 0. The molecule has 1 aliphatic heterocycles. The first-order valence-electron chi connectivity index (χ1n) is 5.74. The topological polar surface area (TPSA) is 45.2 Å². The van der Waals surface area contributed by atoms with Gasteiger partial charge in [0, 0.05) is 18.3 Å². The van der Waals surface area contributed by atoms with Crippen LogP contribution in [0.25, 0.3) is 0 Å². The van der Waals surface area contributed by atoms with Crippen LogP contribution in [-0.2, 0) is 11.2 Å². The molecule has 94 valence electrons. The van der Waals surface area contributed by atoms with Crippen LogP contribution in [0, 0.1) is 0 Å². The first-order chi connectivity index (χ1) is 8.81. The maximum Gasteiger partial charge on any atom is 0.249 e. The van der Waals surface area contributed by atoms with Crippen molar-refractivity contribution in [2.45, 2.75) is 12.5 Å². The number of fused-ring (bicyclic) bond motifs is 1. The third kappa shape index (κ3) is 1.86. The Kier molecular flexibility index (Phi) is 3.15. The van der Waals surface area contributed by atoms with Crippen LogP contribution in [0.4, 0.5) is 5.69 Å². The normalized spacial score (nSPS) is 19.7. The molecule has 3 heterocycles. The number of hydrogen-bond acceptors (Lipinski definition) is 5. The fourth-order valence-corrected chi connectivity index (χ4v) is 3.80. The molecule has 0 aliphatic carbocycles. The number of amides is 1. The zero-order valence-electron chi connectivity index (χ0n) is 9.92. The van der Waals surface area contributed by atoms with E-state index >= 15 is 0 Å². The van der Waals surface area contributed by atoms with E-state index in [1.165, 1.54) is 0 Å². The predicted octanol–water partition coefficient (Wildman–Crippen LogP) is 2.05. The lowest BCUT2D eigenvalue weighted by Crippen LogP contribution is -2.38. The number of nitrogens with zero attached hydrogens (tertiary/aromatic N) is 2. The number of nitrogens with one attached hydrogen (secondary N) is 1. The van der Waals surface area contributed by atoms with Crippen molar-refractivity contribution in [2.75, 3.05) is 18.5 Å². The third-order valence-corrected chi connectivity index (χ3v) is 4.73. The molecule has 0 radical (unpaired) electrons. The zero-order valence-corrected chi connectivity index (χ0v) is 11.6. The highest BCUT2D eigenvalue weighted by atomic mass is 32.1. The summed E-state index contributed by atoms with van der Waals surface area (Å²) in [5.74, 6) is 0.110. The van der Waals surface area contributed by atoms with Gasteiger partial charge < -0.3 is 10.2 Å². The Balaban J connectivity index is 1.99. The van der Waals surface area contributed by atoms with Crippen molar-refractivity contribution in [3.63, 3.8) is 0 Å². The van der Waals surface area contributed by atoms with E-state index in [1.807, 2.05) is 34.3 Å². The van der Waals surface area contributed by atoms with Gasteiger partial charge >= 0.3 is 0 Å². The number of thiazole rings is 1. The van der Waals surface area contributed by atoms with Crippen molar-refractivity contribution in [3.05, 3.63) is 32.9 Å². The Bertz CT molecular complexity index is 549. The van der Waals surface area contributed by atoms with E-state index in [0.717, 1.165) is 22.7 Å². The van der Waals surface area contributed by atoms with Gasteiger partial charge in [0.05, 0.1) is 21.8 Å². The van der Waals surface area contributed by atoms with Crippen molar-refractivity contribution in [2.24, 2.45) is 0 Å². The highest BCUT2D eigenvalue weighted by Crippen LogP contribution is 2.30. The van der Waals surface area contributed by atoms with Gasteiger partial charge in [0.25, 0.3) is 0 Å². The van der Waals surface area contributed by atoms with Gasteiger partial charge in [-0.1, -0.05) is 0 Å². The lowest BCUT2D eigenvalue weighted by Gasteiger charge is -2.22. The minimum atomic E-state index is -0.269. The van der Waals surface area contributed by atoms with Crippen LogP contribution in [0.15, 0.2) is 22.3 Å². The minimum absolute atomic E-state index is 0.110. The van der Waals surface area contributed by atoms with E-state index < -0.39 is 0 Å². The van der Waals surface area contributed by atoms with Crippen LogP contribution in [0.2, 0.25) is 0 Å². The second kappa shape index (κ2) is 4.79. The molecule has 0 saturated carbocycles. The van der Waals surface area contributed by atoms with Gasteiger partial charge in [0.2, 0.25) is 5.91 Å². The Labute approximate surface area is 113 Å². The molecule has 2 aromatic heterocycles. The molecule has 1 aliphatic rings. The quantitative estimate of drug-likeness (QED) is 0.915. The van der Waals surface area contributed by atoms with Crippen molar-refractivity contribution in [1.29, 1.82) is 0 Å². The Morgan fingerprint density at radius 1 is 1.56 bits per heavy atom. The van der Waals surface area contributed by atoms with Crippen molar-refractivity contribution < 1.29 is 4.79 Å². The second-order valence-corrected chi connectivity index (χ2v) is 5.77. The summed E-state index contributed by atoms with van der Waals surface area (Å²) in [6, 6.07) is 1.72. The van der Waals surface area contributed by atoms with Crippen LogP contribution >= 0.6 is 22.7 Å². The third-order valence-electron chi connectivity index (χ3n) is 3.13. The minimum Gasteiger partial charge on any atom is -0.310 e. The smallest absolute Gasteiger partial charge is 0.249 e. The van der Waals surface area contributed by atoms with Gasteiger partial charge in [-0.05, 0) is 18.5 Å². The highest BCUT2D eigenvalue weighted by molar-refractivity contribution is 7.10. The van der Waals surface area contributed by atoms with Gasteiger partial charge in [-0.3, -0.25) is 4.79 Å². The van der Waals surface area contributed by atoms with E-state index in [1.54, 1.807) is 22.7 Å². The number of carbonyl (C=O) groups is 1. The summed E-state index contributed by atoms with van der Waals surface area (Å²) in [4.78, 5) is 19.9. The molecular weight excluding hydrogens is 266 g/mol. The molecule has 1 atom stereocenters. The van der Waals surface area contributed by atoms with Crippen LogP contribution in [0.1, 0.15) is 16.6 Å². The van der Waals surface area contributed by atoms with E-state index in [2.05, 4.69) is 10.3 Å². The number of carbonyl (C=O) groups excluding carboxylic acids is 1. The summed E-state index contributed by atoms with van der Waals surface area (Å²) >= 11 is 3.17. The maximum atomic E-state index is 12.6. The van der Waals surface area contributed by atoms with Gasteiger partial charge in [0.15, 0.2) is 0 Å². The number of aromatic nitrogens is 1. The Morgan fingerprint density at radius 2 is 2.44 bits per heavy atom. The molecule has 18 heavy (non-hydrogen) atoms. The van der Waals surface area contributed by atoms with E-state index in [-0.39, 0.29) is 11.9 Å². The molecule has 3 rings (SSSR count). The predicted molar refractivity (Wildman–Crippen MR) is 74.3 cm³/mol. The zero-order chi connectivity index (χ0) is 12.5. The van der Waals surface area contributed by atoms with Gasteiger partial charge in [0.1, 0.15) is 6.04 Å². The Hall–Kier alpha value is -1.24. The molecule has 2 aromatic rings. The molecule has 1 amide bonds. The van der Waals surface area contributed by atoms with E-state index in [4.69, 9.17) is 0 Å². The summed E-state index contributed by atoms with van der Waals surface area (Å²) in [6.07, 6.45) is 0.818. The number of likely N-dealkylation sites (N-methyl/N-ethyl adjacent to an activating group) is 1. The van der Waals surface area contributed by atoms with Crippen LogP contribution in [-0.4, -0.2) is 24.5 Å².